The normalized spacial score (nSPS) is 28.4. The molecular weight excluding hydrogens is 288 g/mol. The fourth-order valence-electron chi connectivity index (χ4n) is 3.73. The van der Waals surface area contributed by atoms with Crippen LogP contribution in [0.3, 0.4) is 0 Å². The van der Waals surface area contributed by atoms with Gasteiger partial charge >= 0.3 is 0 Å². The van der Waals surface area contributed by atoms with Crippen LogP contribution in [0.1, 0.15) is 44.1 Å². The van der Waals surface area contributed by atoms with Gasteiger partial charge in [0.1, 0.15) is 11.6 Å². The lowest BCUT2D eigenvalue weighted by Crippen LogP contribution is -2.44. The summed E-state index contributed by atoms with van der Waals surface area (Å²) in [4.78, 5) is 13.1. The monoisotopic (exact) mass is 309 g/mol. The van der Waals surface area contributed by atoms with Gasteiger partial charge in [-0.3, -0.25) is 4.79 Å². The van der Waals surface area contributed by atoms with Crippen LogP contribution < -0.4 is 0 Å². The second-order valence-electron chi connectivity index (χ2n) is 6.58. The number of aliphatic hydroxyl groups excluding tert-OH is 1. The number of halogens is 2. The number of nitrogens with zero attached hydrogens (tertiary/aromatic N) is 1. The molecule has 0 aliphatic heterocycles. The van der Waals surface area contributed by atoms with Crippen LogP contribution in [-0.2, 0) is 10.2 Å². The molecule has 0 bridgehead atoms. The van der Waals surface area contributed by atoms with Crippen molar-refractivity contribution in [2.75, 3.05) is 6.61 Å². The van der Waals surface area contributed by atoms with Crippen LogP contribution in [0.4, 0.5) is 8.78 Å². The summed E-state index contributed by atoms with van der Waals surface area (Å²) in [5, 5.41) is 9.85. The first kappa shape index (κ1) is 15.4. The van der Waals surface area contributed by atoms with E-state index in [1.807, 2.05) is 4.90 Å². The summed E-state index contributed by atoms with van der Waals surface area (Å²) >= 11 is 0. The quantitative estimate of drug-likeness (QED) is 0.850. The van der Waals surface area contributed by atoms with E-state index in [0.29, 0.717) is 24.4 Å². The lowest BCUT2D eigenvalue weighted by atomic mass is 9.68. The average molecular weight is 309 g/mol. The number of amides is 1. The third-order valence-corrected chi connectivity index (χ3v) is 5.23. The lowest BCUT2D eigenvalue weighted by Gasteiger charge is -2.42. The molecule has 22 heavy (non-hydrogen) atoms. The van der Waals surface area contributed by atoms with Crippen molar-refractivity contribution in [3.63, 3.8) is 0 Å². The molecular formula is C17H21F2NO2. The molecule has 5 heteroatoms. The van der Waals surface area contributed by atoms with Crippen LogP contribution in [0, 0.1) is 11.6 Å². The first-order chi connectivity index (χ1) is 10.6. The molecule has 0 aromatic heterocycles. The van der Waals surface area contributed by atoms with Crippen LogP contribution in [0.2, 0.25) is 0 Å². The van der Waals surface area contributed by atoms with E-state index in [9.17, 15) is 18.7 Å². The second-order valence-corrected chi connectivity index (χ2v) is 6.58. The number of rotatable bonds is 5. The van der Waals surface area contributed by atoms with E-state index in [4.69, 9.17) is 0 Å². The SMILES string of the molecule is O=CN(C1CC1)C1CCC(CO)(c2ccc(F)cc2F)CC1. The number of hydrogen-bond acceptors (Lipinski definition) is 2. The summed E-state index contributed by atoms with van der Waals surface area (Å²) in [5.74, 6) is -1.20. The van der Waals surface area contributed by atoms with E-state index < -0.39 is 17.0 Å². The molecule has 1 aromatic rings. The number of carbonyl (C=O) groups excluding carboxylic acids is 1. The number of benzene rings is 1. The first-order valence-corrected chi connectivity index (χ1v) is 7.89. The van der Waals surface area contributed by atoms with Crippen molar-refractivity contribution in [2.45, 2.75) is 56.0 Å². The molecule has 2 aliphatic rings. The zero-order valence-electron chi connectivity index (χ0n) is 12.5. The Hall–Kier alpha value is -1.49. The van der Waals surface area contributed by atoms with E-state index in [0.717, 1.165) is 38.2 Å². The molecule has 0 spiro atoms. The zero-order chi connectivity index (χ0) is 15.7. The number of hydrogen-bond donors (Lipinski definition) is 1. The Bertz CT molecular complexity index is 552. The molecule has 2 saturated carbocycles. The highest BCUT2D eigenvalue weighted by atomic mass is 19.1. The maximum Gasteiger partial charge on any atom is 0.210 e. The van der Waals surface area contributed by atoms with E-state index >= 15 is 0 Å². The van der Waals surface area contributed by atoms with Crippen LogP contribution >= 0.6 is 0 Å². The van der Waals surface area contributed by atoms with Gasteiger partial charge in [0.25, 0.3) is 0 Å². The third-order valence-electron chi connectivity index (χ3n) is 5.23. The van der Waals surface area contributed by atoms with Crippen LogP contribution in [0.5, 0.6) is 0 Å². The Balaban J connectivity index is 1.77. The van der Waals surface area contributed by atoms with Gasteiger partial charge in [-0.1, -0.05) is 6.07 Å². The first-order valence-electron chi connectivity index (χ1n) is 7.89. The topological polar surface area (TPSA) is 40.5 Å². The molecule has 3 rings (SSSR count). The van der Waals surface area contributed by atoms with Crippen molar-refractivity contribution in [1.29, 1.82) is 0 Å². The highest BCUT2D eigenvalue weighted by Crippen LogP contribution is 2.43. The minimum absolute atomic E-state index is 0.160. The predicted molar refractivity (Wildman–Crippen MR) is 78.3 cm³/mol. The van der Waals surface area contributed by atoms with Gasteiger partial charge in [0.15, 0.2) is 0 Å². The standard InChI is InChI=1S/C17H21F2NO2/c18-12-1-4-15(16(19)9-12)17(10-21)7-5-14(6-8-17)20(11-22)13-2-3-13/h1,4,9,11,13-14,21H,2-3,5-8,10H2. The summed E-state index contributed by atoms with van der Waals surface area (Å²) in [6, 6.07) is 4.10. The molecule has 0 heterocycles. The molecule has 120 valence electrons. The van der Waals surface area contributed by atoms with Crippen molar-refractivity contribution in [3.8, 4) is 0 Å². The van der Waals surface area contributed by atoms with Crippen molar-refractivity contribution >= 4 is 6.41 Å². The molecule has 2 fully saturated rings. The van der Waals surface area contributed by atoms with E-state index in [1.165, 1.54) is 12.1 Å². The predicted octanol–water partition coefficient (Wildman–Crippen LogP) is 2.76. The molecule has 0 saturated heterocycles. The van der Waals surface area contributed by atoms with E-state index in [-0.39, 0.29) is 12.6 Å². The molecule has 0 unspecified atom stereocenters. The van der Waals surface area contributed by atoms with Gasteiger partial charge in [0.05, 0.1) is 6.61 Å². The van der Waals surface area contributed by atoms with Gasteiger partial charge in [0, 0.05) is 23.6 Å². The smallest absolute Gasteiger partial charge is 0.210 e. The van der Waals surface area contributed by atoms with Crippen LogP contribution in [0.25, 0.3) is 0 Å². The zero-order valence-corrected chi connectivity index (χ0v) is 12.5. The second kappa shape index (κ2) is 5.95. The van der Waals surface area contributed by atoms with Gasteiger partial charge in [-0.2, -0.15) is 0 Å². The van der Waals surface area contributed by atoms with Crippen molar-refractivity contribution in [2.24, 2.45) is 0 Å². The maximum atomic E-state index is 14.1. The molecule has 1 N–H and O–H groups in total. The maximum absolute atomic E-state index is 14.1. The lowest BCUT2D eigenvalue weighted by molar-refractivity contribution is -0.121. The largest absolute Gasteiger partial charge is 0.395 e. The summed E-state index contributed by atoms with van der Waals surface area (Å²) in [6.07, 6.45) is 5.74. The highest BCUT2D eigenvalue weighted by molar-refractivity contribution is 5.49. The molecule has 1 amide bonds. The van der Waals surface area contributed by atoms with Gasteiger partial charge in [-0.05, 0) is 50.2 Å². The summed E-state index contributed by atoms with van der Waals surface area (Å²) in [6.45, 7) is -0.160. The molecule has 3 nitrogen and oxygen atoms in total. The average Bonchev–Trinajstić information content (AvgIpc) is 3.34. The van der Waals surface area contributed by atoms with Crippen LogP contribution in [0.15, 0.2) is 18.2 Å². The summed E-state index contributed by atoms with van der Waals surface area (Å²) in [7, 11) is 0. The van der Waals surface area contributed by atoms with Gasteiger partial charge < -0.3 is 10.0 Å². The van der Waals surface area contributed by atoms with Crippen molar-refractivity contribution in [3.05, 3.63) is 35.4 Å². The summed E-state index contributed by atoms with van der Waals surface area (Å²) in [5.41, 5.74) is -0.272. The molecule has 1 aromatic carbocycles. The van der Waals surface area contributed by atoms with Gasteiger partial charge in [0.2, 0.25) is 6.41 Å². The van der Waals surface area contributed by atoms with Crippen molar-refractivity contribution in [1.82, 2.24) is 4.90 Å². The Morgan fingerprint density at radius 2 is 1.82 bits per heavy atom. The fourth-order valence-corrected chi connectivity index (χ4v) is 3.73. The summed E-state index contributed by atoms with van der Waals surface area (Å²) < 4.78 is 27.2. The Morgan fingerprint density at radius 3 is 2.32 bits per heavy atom. The van der Waals surface area contributed by atoms with Gasteiger partial charge in [-0.25, -0.2) is 8.78 Å². The molecule has 0 atom stereocenters. The Kier molecular flexibility index (Phi) is 4.17. The minimum Gasteiger partial charge on any atom is -0.395 e. The number of aliphatic hydroxyl groups is 1. The minimum atomic E-state index is -0.660. The highest BCUT2D eigenvalue weighted by Gasteiger charge is 2.42. The third kappa shape index (κ3) is 2.74. The molecule has 0 radical (unpaired) electrons. The molecule has 2 aliphatic carbocycles. The van der Waals surface area contributed by atoms with E-state index in [2.05, 4.69) is 0 Å². The van der Waals surface area contributed by atoms with Crippen molar-refractivity contribution < 1.29 is 18.7 Å². The number of carbonyl (C=O) groups is 1. The Morgan fingerprint density at radius 1 is 1.18 bits per heavy atom. The Labute approximate surface area is 128 Å². The van der Waals surface area contributed by atoms with Gasteiger partial charge in [-0.15, -0.1) is 0 Å². The van der Waals surface area contributed by atoms with Crippen LogP contribution in [-0.4, -0.2) is 35.1 Å². The fraction of sp³-hybridized carbons (Fsp3) is 0.588. The van der Waals surface area contributed by atoms with E-state index in [1.54, 1.807) is 0 Å².